The van der Waals surface area contributed by atoms with Crippen LogP contribution in [0.15, 0.2) is 30.6 Å². The van der Waals surface area contributed by atoms with Crippen molar-refractivity contribution in [2.45, 2.75) is 32.9 Å². The fraction of sp³-hybridized carbons (Fsp3) is 0.400. The molecule has 0 saturated carbocycles. The smallest absolute Gasteiger partial charge is 0.0620 e. The van der Waals surface area contributed by atoms with Gasteiger partial charge in [0.05, 0.1) is 12.2 Å². The largest absolute Gasteiger partial charge is 0.309 e. The maximum atomic E-state index is 6.35. The van der Waals surface area contributed by atoms with Gasteiger partial charge in [-0.05, 0) is 37.6 Å². The topological polar surface area (TPSA) is 29.9 Å². The normalized spacial score (nSPS) is 12.6. The number of aryl methyl sites for hydroxylation is 2. The maximum absolute atomic E-state index is 6.35. The van der Waals surface area contributed by atoms with Crippen LogP contribution in [0.3, 0.4) is 0 Å². The first-order valence-electron chi connectivity index (χ1n) is 6.61. The van der Waals surface area contributed by atoms with E-state index in [-0.39, 0.29) is 6.04 Å². The molecule has 1 N–H and O–H groups in total. The molecule has 1 unspecified atom stereocenters. The Bertz CT molecular complexity index is 548. The third-order valence-electron chi connectivity index (χ3n) is 3.19. The van der Waals surface area contributed by atoms with Gasteiger partial charge in [0, 0.05) is 23.3 Å². The van der Waals surface area contributed by atoms with Crippen LogP contribution in [0.25, 0.3) is 0 Å². The highest BCUT2D eigenvalue weighted by molar-refractivity contribution is 6.31. The van der Waals surface area contributed by atoms with E-state index in [2.05, 4.69) is 35.7 Å². The summed E-state index contributed by atoms with van der Waals surface area (Å²) in [6, 6.07) is 6.24. The summed E-state index contributed by atoms with van der Waals surface area (Å²) in [5.74, 6) is 0. The van der Waals surface area contributed by atoms with Gasteiger partial charge in [0.25, 0.3) is 0 Å². The highest BCUT2D eigenvalue weighted by atomic mass is 35.5. The van der Waals surface area contributed by atoms with Crippen LogP contribution in [0, 0.1) is 6.92 Å². The number of nitrogens with one attached hydrogen (secondary N) is 1. The molecule has 19 heavy (non-hydrogen) atoms. The summed E-state index contributed by atoms with van der Waals surface area (Å²) in [6.07, 6.45) is 5.07. The van der Waals surface area contributed by atoms with E-state index in [0.29, 0.717) is 0 Å². The molecule has 0 aliphatic heterocycles. The molecule has 0 aliphatic carbocycles. The molecule has 2 rings (SSSR count). The number of rotatable bonds is 5. The van der Waals surface area contributed by atoms with Gasteiger partial charge in [0.15, 0.2) is 0 Å². The summed E-state index contributed by atoms with van der Waals surface area (Å²) >= 11 is 6.35. The van der Waals surface area contributed by atoms with Crippen LogP contribution in [0.2, 0.25) is 5.02 Å². The van der Waals surface area contributed by atoms with Gasteiger partial charge in [-0.1, -0.05) is 30.7 Å². The van der Waals surface area contributed by atoms with Crippen molar-refractivity contribution >= 4 is 11.6 Å². The Balaban J connectivity index is 2.32. The van der Waals surface area contributed by atoms with E-state index in [1.165, 1.54) is 5.56 Å². The lowest BCUT2D eigenvalue weighted by molar-refractivity contribution is 0.600. The first kappa shape index (κ1) is 14.1. The van der Waals surface area contributed by atoms with Crippen LogP contribution in [-0.2, 0) is 6.54 Å². The molecule has 0 radical (unpaired) electrons. The molecule has 1 heterocycles. The molecule has 0 spiro atoms. The van der Waals surface area contributed by atoms with E-state index >= 15 is 0 Å². The Morgan fingerprint density at radius 1 is 1.42 bits per heavy atom. The minimum absolute atomic E-state index is 0.0821. The molecule has 3 nitrogen and oxygen atoms in total. The summed E-state index contributed by atoms with van der Waals surface area (Å²) in [5, 5.41) is 8.49. The van der Waals surface area contributed by atoms with Crippen molar-refractivity contribution in [1.82, 2.24) is 15.1 Å². The second-order valence-corrected chi connectivity index (χ2v) is 5.19. The molecule has 2 aromatic rings. The Labute approximate surface area is 119 Å². The SMILES string of the molecule is CCCn1cc(C(NC)c2ccc(C)cc2Cl)cn1. The van der Waals surface area contributed by atoms with E-state index in [4.69, 9.17) is 11.6 Å². The van der Waals surface area contributed by atoms with E-state index in [0.717, 1.165) is 29.1 Å². The number of hydrogen-bond donors (Lipinski definition) is 1. The third-order valence-corrected chi connectivity index (χ3v) is 3.52. The molecule has 102 valence electrons. The van der Waals surface area contributed by atoms with Gasteiger partial charge in [-0.2, -0.15) is 5.10 Å². The molecular formula is C15H20ClN3. The second-order valence-electron chi connectivity index (χ2n) is 4.78. The highest BCUT2D eigenvalue weighted by Crippen LogP contribution is 2.28. The summed E-state index contributed by atoms with van der Waals surface area (Å²) < 4.78 is 1.97. The van der Waals surface area contributed by atoms with Crippen molar-refractivity contribution < 1.29 is 0 Å². The molecule has 1 atom stereocenters. The number of aromatic nitrogens is 2. The van der Waals surface area contributed by atoms with Crippen molar-refractivity contribution in [3.63, 3.8) is 0 Å². The molecule has 0 aliphatic rings. The van der Waals surface area contributed by atoms with Gasteiger partial charge >= 0.3 is 0 Å². The van der Waals surface area contributed by atoms with Crippen LogP contribution in [0.4, 0.5) is 0 Å². The van der Waals surface area contributed by atoms with Crippen molar-refractivity contribution in [3.8, 4) is 0 Å². The van der Waals surface area contributed by atoms with Gasteiger partial charge in [-0.3, -0.25) is 4.68 Å². The molecule has 0 fully saturated rings. The lowest BCUT2D eigenvalue weighted by Crippen LogP contribution is -2.17. The Morgan fingerprint density at radius 3 is 2.84 bits per heavy atom. The minimum atomic E-state index is 0.0821. The zero-order valence-electron chi connectivity index (χ0n) is 11.7. The van der Waals surface area contributed by atoms with Crippen LogP contribution in [-0.4, -0.2) is 16.8 Å². The van der Waals surface area contributed by atoms with Crippen molar-refractivity contribution in [3.05, 3.63) is 52.3 Å². The predicted molar refractivity (Wildman–Crippen MR) is 79.6 cm³/mol. The Hall–Kier alpha value is -1.32. The minimum Gasteiger partial charge on any atom is -0.309 e. The van der Waals surface area contributed by atoms with Crippen LogP contribution < -0.4 is 5.32 Å². The summed E-state index contributed by atoms with van der Waals surface area (Å²) in [6.45, 7) is 5.13. The molecule has 1 aromatic carbocycles. The van der Waals surface area contributed by atoms with Gasteiger partial charge in [-0.15, -0.1) is 0 Å². The predicted octanol–water partition coefficient (Wildman–Crippen LogP) is 3.56. The molecule has 0 bridgehead atoms. The lowest BCUT2D eigenvalue weighted by Gasteiger charge is -2.17. The van der Waals surface area contributed by atoms with Crippen molar-refractivity contribution in [2.24, 2.45) is 0 Å². The van der Waals surface area contributed by atoms with Crippen LogP contribution >= 0.6 is 11.6 Å². The van der Waals surface area contributed by atoms with Gasteiger partial charge in [-0.25, -0.2) is 0 Å². The van der Waals surface area contributed by atoms with E-state index in [1.54, 1.807) is 0 Å². The van der Waals surface area contributed by atoms with Crippen LogP contribution in [0.1, 0.15) is 36.1 Å². The monoisotopic (exact) mass is 277 g/mol. The third kappa shape index (κ3) is 3.17. The average molecular weight is 278 g/mol. The summed E-state index contributed by atoms with van der Waals surface area (Å²) in [5.41, 5.74) is 3.40. The number of halogens is 1. The zero-order chi connectivity index (χ0) is 13.8. The van der Waals surface area contributed by atoms with Gasteiger partial charge < -0.3 is 5.32 Å². The van der Waals surface area contributed by atoms with Gasteiger partial charge in [0.2, 0.25) is 0 Å². The first-order valence-corrected chi connectivity index (χ1v) is 6.99. The average Bonchev–Trinajstić information content (AvgIpc) is 2.82. The zero-order valence-corrected chi connectivity index (χ0v) is 12.4. The van der Waals surface area contributed by atoms with Crippen molar-refractivity contribution in [2.75, 3.05) is 7.05 Å². The Morgan fingerprint density at radius 2 is 2.21 bits per heavy atom. The quantitative estimate of drug-likeness (QED) is 0.906. The van der Waals surface area contributed by atoms with Crippen molar-refractivity contribution in [1.29, 1.82) is 0 Å². The molecule has 4 heteroatoms. The standard InChI is InChI=1S/C15H20ClN3/c1-4-7-19-10-12(9-18-19)15(17-3)13-6-5-11(2)8-14(13)16/h5-6,8-10,15,17H,4,7H2,1-3H3. The summed E-state index contributed by atoms with van der Waals surface area (Å²) in [4.78, 5) is 0. The van der Waals surface area contributed by atoms with Crippen LogP contribution in [0.5, 0.6) is 0 Å². The van der Waals surface area contributed by atoms with Gasteiger partial charge in [0.1, 0.15) is 0 Å². The molecule has 1 aromatic heterocycles. The van der Waals surface area contributed by atoms with E-state index < -0.39 is 0 Å². The molecule has 0 amide bonds. The van der Waals surface area contributed by atoms with E-state index in [1.807, 2.05) is 30.9 Å². The second kappa shape index (κ2) is 6.22. The Kier molecular flexibility index (Phi) is 4.61. The maximum Gasteiger partial charge on any atom is 0.0620 e. The fourth-order valence-electron chi connectivity index (χ4n) is 2.25. The molecule has 0 saturated heterocycles. The lowest BCUT2D eigenvalue weighted by atomic mass is 10.0. The van der Waals surface area contributed by atoms with E-state index in [9.17, 15) is 0 Å². The molecular weight excluding hydrogens is 258 g/mol. The number of nitrogens with zero attached hydrogens (tertiary/aromatic N) is 2. The summed E-state index contributed by atoms with van der Waals surface area (Å²) in [7, 11) is 1.94. The fourth-order valence-corrected chi connectivity index (χ4v) is 2.59. The number of hydrogen-bond acceptors (Lipinski definition) is 2. The number of benzene rings is 1. The first-order chi connectivity index (χ1) is 9.15. The highest BCUT2D eigenvalue weighted by Gasteiger charge is 2.16.